The molecular weight excluding hydrogens is 233 g/mol. The fourth-order valence-corrected chi connectivity index (χ4v) is 1.47. The van der Waals surface area contributed by atoms with Gasteiger partial charge in [0.15, 0.2) is 0 Å². The molecule has 0 aliphatic heterocycles. The van der Waals surface area contributed by atoms with E-state index in [1.54, 1.807) is 24.5 Å². The lowest BCUT2D eigenvalue weighted by molar-refractivity contribution is 0.0951. The summed E-state index contributed by atoms with van der Waals surface area (Å²) in [5, 5.41) is 2.72. The number of hydrogen-bond donors (Lipinski definition) is 2. The number of hydrogen-bond acceptors (Lipinski definition) is 3. The van der Waals surface area contributed by atoms with Crippen LogP contribution in [0.2, 0.25) is 0 Å². The Labute approximate surface area is 104 Å². The molecule has 0 spiro atoms. The maximum atomic E-state index is 12.9. The number of nitrogens with one attached hydrogen (secondary N) is 1. The van der Waals surface area contributed by atoms with Crippen molar-refractivity contribution in [3.8, 4) is 0 Å². The summed E-state index contributed by atoms with van der Waals surface area (Å²) in [6, 6.07) is 7.50. The van der Waals surface area contributed by atoms with Crippen molar-refractivity contribution < 1.29 is 9.18 Å². The summed E-state index contributed by atoms with van der Waals surface area (Å²) in [6.07, 6.45) is 3.30. The molecule has 0 saturated heterocycles. The van der Waals surface area contributed by atoms with Crippen LogP contribution >= 0.6 is 0 Å². The highest BCUT2D eigenvalue weighted by Crippen LogP contribution is 2.12. The molecule has 1 aromatic heterocycles. The normalized spacial score (nSPS) is 10.1. The number of rotatable bonds is 3. The predicted octanol–water partition coefficient (Wildman–Crippen LogP) is 1.73. The lowest BCUT2D eigenvalue weighted by Gasteiger charge is -2.06. The largest absolute Gasteiger partial charge is 0.396 e. The molecule has 92 valence electrons. The predicted molar refractivity (Wildman–Crippen MR) is 66.2 cm³/mol. The number of benzene rings is 1. The van der Waals surface area contributed by atoms with Gasteiger partial charge in [0.2, 0.25) is 0 Å². The van der Waals surface area contributed by atoms with E-state index >= 15 is 0 Å². The summed E-state index contributed by atoms with van der Waals surface area (Å²) in [5.41, 5.74) is 6.64. The van der Waals surface area contributed by atoms with E-state index in [-0.39, 0.29) is 11.6 Å². The van der Waals surface area contributed by atoms with Gasteiger partial charge in [-0.25, -0.2) is 4.39 Å². The molecule has 0 aliphatic carbocycles. The average Bonchev–Trinajstić information content (AvgIpc) is 2.40. The number of aromatic nitrogens is 1. The summed E-state index contributed by atoms with van der Waals surface area (Å²) in [4.78, 5) is 15.7. The zero-order valence-electron chi connectivity index (χ0n) is 9.56. The van der Waals surface area contributed by atoms with Crippen molar-refractivity contribution in [2.45, 2.75) is 6.54 Å². The van der Waals surface area contributed by atoms with Crippen LogP contribution in [0.1, 0.15) is 15.9 Å². The molecule has 1 aromatic carbocycles. The number of pyridine rings is 1. The Morgan fingerprint density at radius 3 is 2.67 bits per heavy atom. The molecule has 0 radical (unpaired) electrons. The fourth-order valence-electron chi connectivity index (χ4n) is 1.47. The number of nitrogens with zero attached hydrogens (tertiary/aromatic N) is 1. The Hall–Kier alpha value is -2.43. The highest BCUT2D eigenvalue weighted by Gasteiger charge is 2.07. The standard InChI is InChI=1S/C13H12FN3O/c14-11-2-1-10(7-12(11)15)13(18)17-8-9-3-5-16-6-4-9/h1-7H,8,15H2,(H,17,18). The highest BCUT2D eigenvalue weighted by molar-refractivity contribution is 5.94. The van der Waals surface area contributed by atoms with Gasteiger partial charge in [-0.2, -0.15) is 0 Å². The smallest absolute Gasteiger partial charge is 0.251 e. The van der Waals surface area contributed by atoms with E-state index in [4.69, 9.17) is 5.73 Å². The molecule has 0 bridgehead atoms. The number of halogens is 1. The molecular formula is C13H12FN3O. The molecule has 0 atom stereocenters. The van der Waals surface area contributed by atoms with Crippen LogP contribution in [-0.2, 0) is 6.54 Å². The number of carbonyl (C=O) groups is 1. The number of amides is 1. The van der Waals surface area contributed by atoms with Gasteiger partial charge in [-0.05, 0) is 35.9 Å². The SMILES string of the molecule is Nc1cc(C(=O)NCc2ccncc2)ccc1F. The quantitative estimate of drug-likeness (QED) is 0.809. The summed E-state index contributed by atoms with van der Waals surface area (Å²) in [6.45, 7) is 0.388. The Balaban J connectivity index is 2.02. The molecule has 5 heteroatoms. The van der Waals surface area contributed by atoms with Gasteiger partial charge < -0.3 is 11.1 Å². The molecule has 4 nitrogen and oxygen atoms in total. The Morgan fingerprint density at radius 1 is 1.28 bits per heavy atom. The van der Waals surface area contributed by atoms with Crippen LogP contribution in [0.3, 0.4) is 0 Å². The second kappa shape index (κ2) is 5.27. The van der Waals surface area contributed by atoms with Gasteiger partial charge in [-0.15, -0.1) is 0 Å². The molecule has 2 aromatic rings. The van der Waals surface area contributed by atoms with Gasteiger partial charge in [0.1, 0.15) is 5.82 Å². The van der Waals surface area contributed by atoms with Crippen molar-refractivity contribution in [2.24, 2.45) is 0 Å². The lowest BCUT2D eigenvalue weighted by Crippen LogP contribution is -2.22. The third-order valence-electron chi connectivity index (χ3n) is 2.46. The Bertz CT molecular complexity index is 557. The van der Waals surface area contributed by atoms with E-state index in [1.165, 1.54) is 18.2 Å². The molecule has 0 fully saturated rings. The highest BCUT2D eigenvalue weighted by atomic mass is 19.1. The van der Waals surface area contributed by atoms with Crippen LogP contribution in [0.5, 0.6) is 0 Å². The van der Waals surface area contributed by atoms with Crippen LogP contribution in [0.4, 0.5) is 10.1 Å². The molecule has 0 unspecified atom stereocenters. The Kier molecular flexibility index (Phi) is 3.52. The minimum atomic E-state index is -0.527. The molecule has 2 rings (SSSR count). The van der Waals surface area contributed by atoms with Crippen LogP contribution in [-0.4, -0.2) is 10.9 Å². The zero-order valence-corrected chi connectivity index (χ0v) is 9.56. The number of nitrogens with two attached hydrogens (primary N) is 1. The zero-order chi connectivity index (χ0) is 13.0. The van der Waals surface area contributed by atoms with Gasteiger partial charge >= 0.3 is 0 Å². The van der Waals surface area contributed by atoms with Crippen molar-refractivity contribution in [1.82, 2.24) is 10.3 Å². The second-order valence-corrected chi connectivity index (χ2v) is 3.77. The van der Waals surface area contributed by atoms with Crippen LogP contribution < -0.4 is 11.1 Å². The van der Waals surface area contributed by atoms with Crippen LogP contribution in [0.15, 0.2) is 42.7 Å². The van der Waals surface area contributed by atoms with Gasteiger partial charge in [-0.1, -0.05) is 0 Å². The van der Waals surface area contributed by atoms with Crippen molar-refractivity contribution in [1.29, 1.82) is 0 Å². The number of anilines is 1. The van der Waals surface area contributed by atoms with E-state index < -0.39 is 5.82 Å². The first-order valence-electron chi connectivity index (χ1n) is 5.39. The summed E-state index contributed by atoms with van der Waals surface area (Å²) >= 11 is 0. The third-order valence-corrected chi connectivity index (χ3v) is 2.46. The Morgan fingerprint density at radius 2 is 2.00 bits per heavy atom. The summed E-state index contributed by atoms with van der Waals surface area (Å²) < 4.78 is 12.9. The third kappa shape index (κ3) is 2.82. The minimum Gasteiger partial charge on any atom is -0.396 e. The molecule has 0 aliphatic rings. The lowest BCUT2D eigenvalue weighted by atomic mass is 10.1. The van der Waals surface area contributed by atoms with E-state index in [0.29, 0.717) is 12.1 Å². The molecule has 18 heavy (non-hydrogen) atoms. The van der Waals surface area contributed by atoms with Gasteiger partial charge in [0.25, 0.3) is 5.91 Å². The monoisotopic (exact) mass is 245 g/mol. The average molecular weight is 245 g/mol. The first-order valence-corrected chi connectivity index (χ1v) is 5.39. The summed E-state index contributed by atoms with van der Waals surface area (Å²) in [5.74, 6) is -0.820. The van der Waals surface area contributed by atoms with Gasteiger partial charge in [0.05, 0.1) is 5.69 Å². The molecule has 0 saturated carbocycles. The van der Waals surface area contributed by atoms with Crippen molar-refractivity contribution in [3.05, 3.63) is 59.7 Å². The first kappa shape index (κ1) is 12.0. The topological polar surface area (TPSA) is 68.0 Å². The minimum absolute atomic E-state index is 0.0356. The van der Waals surface area contributed by atoms with Crippen LogP contribution in [0, 0.1) is 5.82 Å². The maximum Gasteiger partial charge on any atom is 0.251 e. The van der Waals surface area contributed by atoms with Gasteiger partial charge in [0, 0.05) is 24.5 Å². The first-order chi connectivity index (χ1) is 8.66. The van der Waals surface area contributed by atoms with Crippen molar-refractivity contribution >= 4 is 11.6 Å². The number of carbonyl (C=O) groups excluding carboxylic acids is 1. The number of nitrogen functional groups attached to an aromatic ring is 1. The van der Waals surface area contributed by atoms with Crippen LogP contribution in [0.25, 0.3) is 0 Å². The molecule has 3 N–H and O–H groups in total. The van der Waals surface area contributed by atoms with E-state index in [9.17, 15) is 9.18 Å². The van der Waals surface area contributed by atoms with E-state index in [1.807, 2.05) is 0 Å². The molecule has 1 amide bonds. The van der Waals surface area contributed by atoms with E-state index in [2.05, 4.69) is 10.3 Å². The van der Waals surface area contributed by atoms with E-state index in [0.717, 1.165) is 5.56 Å². The second-order valence-electron chi connectivity index (χ2n) is 3.77. The van der Waals surface area contributed by atoms with Gasteiger partial charge in [-0.3, -0.25) is 9.78 Å². The fraction of sp³-hybridized carbons (Fsp3) is 0.0769. The molecule has 1 heterocycles. The summed E-state index contributed by atoms with van der Waals surface area (Å²) in [7, 11) is 0. The van der Waals surface area contributed by atoms with Crippen molar-refractivity contribution in [3.63, 3.8) is 0 Å². The maximum absolute atomic E-state index is 12.9. The van der Waals surface area contributed by atoms with Crippen molar-refractivity contribution in [2.75, 3.05) is 5.73 Å².